The number of ether oxygens (including phenoxy) is 1. The van der Waals surface area contributed by atoms with Crippen LogP contribution in [-0.2, 0) is 9.53 Å². The van der Waals surface area contributed by atoms with Crippen molar-refractivity contribution in [2.45, 2.75) is 117 Å². The van der Waals surface area contributed by atoms with Crippen LogP contribution in [0.3, 0.4) is 0 Å². The van der Waals surface area contributed by atoms with Crippen molar-refractivity contribution >= 4 is 5.97 Å². The Morgan fingerprint density at radius 3 is 2.38 bits per heavy atom. The first-order valence-electron chi connectivity index (χ1n) is 16.4. The molecule has 6 N–H and O–H groups in total. The molecule has 0 heterocycles. The maximum absolute atomic E-state index is 12.1. The summed E-state index contributed by atoms with van der Waals surface area (Å²) in [7, 11) is 0. The highest BCUT2D eigenvalue weighted by molar-refractivity contribution is 5.69. The number of carbonyl (C=O) groups is 1. The minimum atomic E-state index is -0.166. The molecule has 0 aromatic heterocycles. The molecule has 226 valence electrons. The van der Waals surface area contributed by atoms with Gasteiger partial charge in [0.25, 0.3) is 0 Å². The topological polar surface area (TPSA) is 114 Å². The number of fused-ring (bicyclic) bond motifs is 5. The molecule has 4 fully saturated rings. The van der Waals surface area contributed by atoms with Crippen molar-refractivity contribution in [3.05, 3.63) is 0 Å². The molecule has 7 heteroatoms. The van der Waals surface area contributed by atoms with Gasteiger partial charge >= 0.3 is 5.97 Å². The third-order valence-electron chi connectivity index (χ3n) is 11.9. The first-order valence-corrected chi connectivity index (χ1v) is 16.4. The van der Waals surface area contributed by atoms with Crippen molar-refractivity contribution in [2.75, 3.05) is 39.3 Å². The van der Waals surface area contributed by atoms with E-state index in [0.29, 0.717) is 66.0 Å². The maximum Gasteiger partial charge on any atom is 0.306 e. The van der Waals surface area contributed by atoms with E-state index in [1.54, 1.807) is 0 Å². The fourth-order valence-corrected chi connectivity index (χ4v) is 9.93. The lowest BCUT2D eigenvalue weighted by Crippen LogP contribution is -2.59. The van der Waals surface area contributed by atoms with Gasteiger partial charge in [-0.1, -0.05) is 13.8 Å². The summed E-state index contributed by atoms with van der Waals surface area (Å²) in [5.41, 5.74) is 12.2. The van der Waals surface area contributed by atoms with E-state index in [1.807, 2.05) is 13.8 Å². The van der Waals surface area contributed by atoms with Crippen molar-refractivity contribution in [1.29, 1.82) is 0 Å². The van der Waals surface area contributed by atoms with Crippen LogP contribution in [0.1, 0.15) is 98.3 Å². The highest BCUT2D eigenvalue weighted by atomic mass is 16.5. The standard InChI is InChI=1S/C32H60N4O3/c1-22(2)39-29(38)7-5-6-23-8-9-26-30-27(11-13-31(23,26)3)32(4)12-10-25(20-24(32)21-28(30)37)35-16-19-36(17-14-33)18-15-34/h22-28,30,35,37H,5-21,33-34H2,1-4H3/t23-,24?,25-,26?,27?,28?,30?,31+,32-/m0/s1. The van der Waals surface area contributed by atoms with Gasteiger partial charge < -0.3 is 26.6 Å². The average Bonchev–Trinajstić information content (AvgIpc) is 3.21. The van der Waals surface area contributed by atoms with Gasteiger partial charge in [-0.15, -0.1) is 0 Å². The van der Waals surface area contributed by atoms with Gasteiger partial charge in [0.15, 0.2) is 0 Å². The zero-order valence-electron chi connectivity index (χ0n) is 25.5. The summed E-state index contributed by atoms with van der Waals surface area (Å²) >= 11 is 0. The van der Waals surface area contributed by atoms with Gasteiger partial charge in [0.05, 0.1) is 12.2 Å². The monoisotopic (exact) mass is 548 g/mol. The minimum Gasteiger partial charge on any atom is -0.463 e. The van der Waals surface area contributed by atoms with Gasteiger partial charge in [-0.3, -0.25) is 9.69 Å². The molecule has 4 rings (SSSR count). The maximum atomic E-state index is 12.1. The summed E-state index contributed by atoms with van der Waals surface area (Å²) in [5, 5.41) is 15.5. The Morgan fingerprint density at radius 2 is 1.69 bits per heavy atom. The van der Waals surface area contributed by atoms with E-state index in [1.165, 1.54) is 44.9 Å². The third-order valence-corrected chi connectivity index (χ3v) is 11.9. The lowest BCUT2D eigenvalue weighted by atomic mass is 9.44. The molecule has 4 aliphatic rings. The number of carbonyl (C=O) groups excluding carboxylic acids is 1. The average molecular weight is 549 g/mol. The van der Waals surface area contributed by atoms with E-state index >= 15 is 0 Å². The highest BCUT2D eigenvalue weighted by Gasteiger charge is 2.62. The molecule has 0 aromatic carbocycles. The van der Waals surface area contributed by atoms with Crippen LogP contribution in [-0.4, -0.2) is 73.5 Å². The van der Waals surface area contributed by atoms with Gasteiger partial charge in [0.1, 0.15) is 0 Å². The van der Waals surface area contributed by atoms with E-state index in [2.05, 4.69) is 24.1 Å². The van der Waals surface area contributed by atoms with Gasteiger partial charge in [0, 0.05) is 51.7 Å². The zero-order chi connectivity index (χ0) is 28.2. The van der Waals surface area contributed by atoms with E-state index in [0.717, 1.165) is 45.4 Å². The molecule has 7 nitrogen and oxygen atoms in total. The van der Waals surface area contributed by atoms with Gasteiger partial charge in [-0.2, -0.15) is 0 Å². The summed E-state index contributed by atoms with van der Waals surface area (Å²) in [6.45, 7) is 14.1. The summed E-state index contributed by atoms with van der Waals surface area (Å²) in [6, 6.07) is 0.552. The lowest BCUT2D eigenvalue weighted by Gasteiger charge is -2.62. The minimum absolute atomic E-state index is 0.0296. The van der Waals surface area contributed by atoms with Crippen LogP contribution in [0, 0.1) is 40.4 Å². The summed E-state index contributed by atoms with van der Waals surface area (Å²) in [5.74, 6) is 2.96. The van der Waals surface area contributed by atoms with Gasteiger partial charge in [0.2, 0.25) is 0 Å². The smallest absolute Gasteiger partial charge is 0.306 e. The molecule has 9 atom stereocenters. The fraction of sp³-hybridized carbons (Fsp3) is 0.969. The van der Waals surface area contributed by atoms with Crippen LogP contribution < -0.4 is 16.8 Å². The predicted molar refractivity (Wildman–Crippen MR) is 158 cm³/mol. The van der Waals surface area contributed by atoms with E-state index in [4.69, 9.17) is 16.2 Å². The normalized spacial score (nSPS) is 39.9. The molecule has 4 saturated carbocycles. The molecule has 0 bridgehead atoms. The number of esters is 1. The van der Waals surface area contributed by atoms with E-state index < -0.39 is 0 Å². The summed E-state index contributed by atoms with van der Waals surface area (Å²) in [4.78, 5) is 14.4. The molecule has 0 spiro atoms. The van der Waals surface area contributed by atoms with Crippen LogP contribution >= 0.6 is 0 Å². The SMILES string of the molecule is CC(C)OC(=O)CCC[C@H]1CCC2C3C(O)CC4C[C@@H](NCCN(CCN)CCN)CC[C@]4(C)C3CC[C@@]21C. The van der Waals surface area contributed by atoms with Crippen LogP contribution in [0.4, 0.5) is 0 Å². The lowest BCUT2D eigenvalue weighted by molar-refractivity contribution is -0.165. The Bertz CT molecular complexity index is 789. The molecule has 0 aromatic rings. The predicted octanol–water partition coefficient (Wildman–Crippen LogP) is 3.92. The first kappa shape index (κ1) is 31.2. The Hall–Kier alpha value is -0.730. The molecule has 0 saturated heterocycles. The molecule has 39 heavy (non-hydrogen) atoms. The van der Waals surface area contributed by atoms with Crippen LogP contribution in [0.2, 0.25) is 0 Å². The van der Waals surface area contributed by atoms with Crippen molar-refractivity contribution in [1.82, 2.24) is 10.2 Å². The van der Waals surface area contributed by atoms with Crippen molar-refractivity contribution in [3.63, 3.8) is 0 Å². The quantitative estimate of drug-likeness (QED) is 0.258. The van der Waals surface area contributed by atoms with E-state index in [9.17, 15) is 9.90 Å². The molecule has 0 amide bonds. The Kier molecular flexibility index (Phi) is 10.8. The number of hydrogen-bond donors (Lipinski definition) is 4. The highest BCUT2D eigenvalue weighted by Crippen LogP contribution is 2.67. The number of nitrogens with two attached hydrogens (primary N) is 2. The fourth-order valence-electron chi connectivity index (χ4n) is 9.93. The summed E-state index contributed by atoms with van der Waals surface area (Å²) < 4.78 is 5.36. The largest absolute Gasteiger partial charge is 0.463 e. The first-order chi connectivity index (χ1) is 18.6. The van der Waals surface area contributed by atoms with Crippen LogP contribution in [0.25, 0.3) is 0 Å². The zero-order valence-corrected chi connectivity index (χ0v) is 25.5. The van der Waals surface area contributed by atoms with Crippen molar-refractivity contribution in [3.8, 4) is 0 Å². The number of rotatable bonds is 13. The number of aliphatic hydroxyl groups is 1. The molecule has 0 radical (unpaired) electrons. The van der Waals surface area contributed by atoms with Crippen molar-refractivity contribution in [2.24, 2.45) is 51.9 Å². The Labute approximate surface area is 238 Å². The third kappa shape index (κ3) is 6.85. The molecule has 5 unspecified atom stereocenters. The molecular weight excluding hydrogens is 488 g/mol. The second-order valence-electron chi connectivity index (χ2n) is 14.4. The molecule has 0 aliphatic heterocycles. The van der Waals surface area contributed by atoms with Crippen LogP contribution in [0.15, 0.2) is 0 Å². The van der Waals surface area contributed by atoms with Crippen LogP contribution in [0.5, 0.6) is 0 Å². The number of hydrogen-bond acceptors (Lipinski definition) is 7. The van der Waals surface area contributed by atoms with E-state index in [-0.39, 0.29) is 18.2 Å². The molecular formula is C32H60N4O3. The number of aliphatic hydroxyl groups excluding tert-OH is 1. The Morgan fingerprint density at radius 1 is 1.00 bits per heavy atom. The van der Waals surface area contributed by atoms with Gasteiger partial charge in [-0.05, 0) is 118 Å². The summed E-state index contributed by atoms with van der Waals surface area (Å²) in [6.07, 6.45) is 12.2. The number of nitrogens with zero attached hydrogens (tertiary/aromatic N) is 1. The van der Waals surface area contributed by atoms with Crippen molar-refractivity contribution < 1.29 is 14.6 Å². The number of nitrogens with one attached hydrogen (secondary N) is 1. The second-order valence-corrected chi connectivity index (χ2v) is 14.4. The Balaban J connectivity index is 1.32. The second kappa shape index (κ2) is 13.5. The molecule has 4 aliphatic carbocycles. The van der Waals surface area contributed by atoms with Gasteiger partial charge in [-0.25, -0.2) is 0 Å².